The van der Waals surface area contributed by atoms with Gasteiger partial charge in [-0.2, -0.15) is 0 Å². The fraction of sp³-hybridized carbons (Fsp3) is 0.444. The topological polar surface area (TPSA) is 118 Å². The zero-order valence-electron chi connectivity index (χ0n) is 21.1. The van der Waals surface area contributed by atoms with E-state index < -0.39 is 11.9 Å². The van der Waals surface area contributed by atoms with Crippen LogP contribution in [0.15, 0.2) is 42.6 Å². The van der Waals surface area contributed by atoms with Gasteiger partial charge in [0.15, 0.2) is 0 Å². The lowest BCUT2D eigenvalue weighted by Gasteiger charge is -2.39. The number of aliphatic carboxylic acids is 2. The van der Waals surface area contributed by atoms with E-state index in [1.807, 2.05) is 0 Å². The second kappa shape index (κ2) is 12.0. The number of carbonyl (C=O) groups excluding carboxylic acids is 1. The molecule has 0 radical (unpaired) electrons. The van der Waals surface area contributed by atoms with Crippen LogP contribution in [0.4, 0.5) is 0 Å². The molecule has 1 aliphatic heterocycles. The maximum Gasteiger partial charge on any atom is 0.328 e. The summed E-state index contributed by atoms with van der Waals surface area (Å²) in [5, 5.41) is 17.0. The molecule has 1 aromatic carbocycles. The van der Waals surface area contributed by atoms with Gasteiger partial charge in [-0.15, -0.1) is 0 Å². The van der Waals surface area contributed by atoms with Gasteiger partial charge in [-0.3, -0.25) is 9.69 Å². The van der Waals surface area contributed by atoms with Gasteiger partial charge in [0.2, 0.25) is 0 Å². The Bertz CT molecular complexity index is 1160. The number of hydrogen-bond donors (Lipinski definition) is 2. The maximum atomic E-state index is 12.6. The number of rotatable bonds is 8. The normalized spacial score (nSPS) is 19.0. The van der Waals surface area contributed by atoms with Gasteiger partial charge >= 0.3 is 17.9 Å². The third-order valence-electron chi connectivity index (χ3n) is 6.38. The lowest BCUT2D eigenvalue weighted by atomic mass is 9.80. The highest BCUT2D eigenvalue weighted by Crippen LogP contribution is 2.42. The van der Waals surface area contributed by atoms with Crippen LogP contribution >= 0.6 is 0 Å². The van der Waals surface area contributed by atoms with E-state index in [1.54, 1.807) is 7.11 Å². The molecule has 0 bridgehead atoms. The molecule has 2 N–H and O–H groups in total. The summed E-state index contributed by atoms with van der Waals surface area (Å²) in [6, 6.07) is 7.29. The Kier molecular flexibility index (Phi) is 9.06. The van der Waals surface area contributed by atoms with Gasteiger partial charge in [0.05, 0.1) is 12.5 Å². The van der Waals surface area contributed by atoms with Crippen LogP contribution in [0.5, 0.6) is 0 Å². The number of ether oxygens (including phenoxy) is 2. The molecule has 2 aliphatic rings. The molecule has 1 aliphatic carbocycles. The third kappa shape index (κ3) is 6.22. The average molecular weight is 499 g/mol. The summed E-state index contributed by atoms with van der Waals surface area (Å²) in [5.41, 5.74) is 5.24. The SMILES string of the molecule is COCCCOC(=O)[C@@H]1C=C2c3cccc4c3c(cn4C(C)C)C[C@H]2N(C)C1.O=C(O)/C=C\C(=O)O. The van der Waals surface area contributed by atoms with Gasteiger partial charge in [-0.25, -0.2) is 9.59 Å². The summed E-state index contributed by atoms with van der Waals surface area (Å²) >= 11 is 0. The highest BCUT2D eigenvalue weighted by molar-refractivity contribution is 5.99. The van der Waals surface area contributed by atoms with Crippen molar-refractivity contribution in [1.82, 2.24) is 9.47 Å². The summed E-state index contributed by atoms with van der Waals surface area (Å²) in [7, 11) is 3.78. The number of fused-ring (bicyclic) bond motifs is 2. The Balaban J connectivity index is 0.000000392. The van der Waals surface area contributed by atoms with Crippen LogP contribution in [-0.4, -0.2) is 77.5 Å². The molecule has 0 unspecified atom stereocenters. The van der Waals surface area contributed by atoms with Crippen molar-refractivity contribution in [1.29, 1.82) is 0 Å². The number of hydrogen-bond acceptors (Lipinski definition) is 6. The van der Waals surface area contributed by atoms with Crippen molar-refractivity contribution in [3.8, 4) is 0 Å². The minimum Gasteiger partial charge on any atom is -0.478 e. The number of benzene rings is 1. The Labute approximate surface area is 210 Å². The van der Waals surface area contributed by atoms with E-state index in [2.05, 4.69) is 60.8 Å². The van der Waals surface area contributed by atoms with Crippen LogP contribution in [0.1, 0.15) is 37.4 Å². The van der Waals surface area contributed by atoms with E-state index in [0.29, 0.717) is 44.0 Å². The molecule has 36 heavy (non-hydrogen) atoms. The van der Waals surface area contributed by atoms with Gasteiger partial charge in [0, 0.05) is 68.0 Å². The molecule has 4 rings (SSSR count). The van der Waals surface area contributed by atoms with Crippen molar-refractivity contribution in [2.24, 2.45) is 5.92 Å². The minimum absolute atomic E-state index is 0.133. The monoisotopic (exact) mass is 498 g/mol. The van der Waals surface area contributed by atoms with Crippen molar-refractivity contribution in [2.75, 3.05) is 33.9 Å². The molecule has 1 aromatic heterocycles. The van der Waals surface area contributed by atoms with Crippen LogP contribution in [0.25, 0.3) is 16.5 Å². The smallest absolute Gasteiger partial charge is 0.328 e. The van der Waals surface area contributed by atoms with Crippen LogP contribution in [0.3, 0.4) is 0 Å². The molecule has 2 aromatic rings. The van der Waals surface area contributed by atoms with Gasteiger partial charge in [0.25, 0.3) is 0 Å². The molecule has 0 saturated carbocycles. The van der Waals surface area contributed by atoms with E-state index in [0.717, 1.165) is 12.8 Å². The quantitative estimate of drug-likeness (QED) is 0.323. The van der Waals surface area contributed by atoms with Gasteiger partial charge in [-0.1, -0.05) is 18.2 Å². The predicted octanol–water partition coefficient (Wildman–Crippen LogP) is 3.38. The highest BCUT2D eigenvalue weighted by Gasteiger charge is 2.36. The number of likely N-dealkylation sites (N-methyl/N-ethyl adjacent to an activating group) is 1. The molecule has 9 heteroatoms. The Hall–Kier alpha value is -3.43. The van der Waals surface area contributed by atoms with E-state index in [1.165, 1.54) is 27.6 Å². The third-order valence-corrected chi connectivity index (χ3v) is 6.38. The van der Waals surface area contributed by atoms with Crippen LogP contribution in [0, 0.1) is 5.92 Å². The van der Waals surface area contributed by atoms with Crippen molar-refractivity contribution in [3.63, 3.8) is 0 Å². The summed E-state index contributed by atoms with van der Waals surface area (Å²) in [6.45, 7) is 6.17. The molecule has 0 amide bonds. The standard InChI is InChI=1S/C23H30N2O3.C4H4O4/c1-15(2)25-14-16-12-21-19(18-7-5-8-20(25)22(16)18)11-17(13-24(21)3)23(26)28-10-6-9-27-4;5-3(6)1-2-4(7)8/h5,7-8,11,14-15,17,21H,6,9-10,12-13H2,1-4H3;1-2H,(H,5,6)(H,7,8)/b;2-1-/t17-,21-;/m1./s1. The lowest BCUT2D eigenvalue weighted by molar-refractivity contribution is -0.148. The summed E-state index contributed by atoms with van der Waals surface area (Å²) in [5.74, 6) is -2.87. The largest absolute Gasteiger partial charge is 0.478 e. The first-order valence-electron chi connectivity index (χ1n) is 12.0. The van der Waals surface area contributed by atoms with Gasteiger partial charge in [-0.05, 0) is 50.1 Å². The number of carboxylic acid groups (broad SMARTS) is 2. The second-order valence-corrected chi connectivity index (χ2v) is 9.27. The average Bonchev–Trinajstić information content (AvgIpc) is 3.21. The number of nitrogens with zero attached hydrogens (tertiary/aromatic N) is 2. The summed E-state index contributed by atoms with van der Waals surface area (Å²) in [6.07, 6.45) is 7.32. The lowest BCUT2D eigenvalue weighted by Crippen LogP contribution is -2.44. The predicted molar refractivity (Wildman–Crippen MR) is 136 cm³/mol. The molecule has 0 saturated heterocycles. The van der Waals surface area contributed by atoms with Crippen LogP contribution in [-0.2, 0) is 30.3 Å². The van der Waals surface area contributed by atoms with Crippen molar-refractivity contribution in [2.45, 2.75) is 38.8 Å². The Morgan fingerprint density at radius 3 is 2.44 bits per heavy atom. The van der Waals surface area contributed by atoms with Crippen molar-refractivity contribution >= 4 is 34.4 Å². The Morgan fingerprint density at radius 2 is 1.83 bits per heavy atom. The van der Waals surface area contributed by atoms with E-state index in [9.17, 15) is 14.4 Å². The zero-order valence-corrected chi connectivity index (χ0v) is 21.1. The van der Waals surface area contributed by atoms with E-state index >= 15 is 0 Å². The van der Waals surface area contributed by atoms with Gasteiger partial charge < -0.3 is 24.3 Å². The molecule has 0 fully saturated rings. The van der Waals surface area contributed by atoms with Crippen molar-refractivity contribution < 1.29 is 34.1 Å². The Morgan fingerprint density at radius 1 is 1.14 bits per heavy atom. The van der Waals surface area contributed by atoms with Crippen LogP contribution in [0.2, 0.25) is 0 Å². The molecule has 194 valence electrons. The zero-order chi connectivity index (χ0) is 26.4. The number of methoxy groups -OCH3 is 1. The number of carboxylic acids is 2. The maximum absolute atomic E-state index is 12.6. The molecule has 0 spiro atoms. The summed E-state index contributed by atoms with van der Waals surface area (Å²) < 4.78 is 12.9. The molecule has 2 atom stereocenters. The second-order valence-electron chi connectivity index (χ2n) is 9.27. The van der Waals surface area contributed by atoms with Crippen molar-refractivity contribution in [3.05, 3.63) is 53.8 Å². The fourth-order valence-electron chi connectivity index (χ4n) is 4.78. The first-order valence-corrected chi connectivity index (χ1v) is 12.0. The number of carbonyl (C=O) groups is 3. The number of esters is 1. The minimum atomic E-state index is -1.26. The molecular weight excluding hydrogens is 464 g/mol. The van der Waals surface area contributed by atoms with Crippen LogP contribution < -0.4 is 0 Å². The molecular formula is C27H34N2O7. The first kappa shape index (κ1) is 27.2. The summed E-state index contributed by atoms with van der Waals surface area (Å²) in [4.78, 5) is 34.0. The van der Waals surface area contributed by atoms with E-state index in [4.69, 9.17) is 19.7 Å². The van der Waals surface area contributed by atoms with E-state index in [-0.39, 0.29) is 11.9 Å². The highest BCUT2D eigenvalue weighted by atomic mass is 16.5. The number of aromatic nitrogens is 1. The molecule has 9 nitrogen and oxygen atoms in total. The fourth-order valence-corrected chi connectivity index (χ4v) is 4.78. The molecule has 2 heterocycles. The van der Waals surface area contributed by atoms with Gasteiger partial charge in [0.1, 0.15) is 0 Å². The first-order chi connectivity index (χ1) is 17.1.